The van der Waals surface area contributed by atoms with E-state index in [1.807, 2.05) is 0 Å². The largest absolute Gasteiger partial charge is 0.483 e. The lowest BCUT2D eigenvalue weighted by Crippen LogP contribution is -2.51. The number of benzene rings is 2. The number of nitrogens with one attached hydrogen (secondary N) is 1. The zero-order valence-electron chi connectivity index (χ0n) is 15.6. The number of halogens is 4. The van der Waals surface area contributed by atoms with Crippen LogP contribution >= 0.6 is 0 Å². The van der Waals surface area contributed by atoms with E-state index in [0.29, 0.717) is 4.90 Å². The Morgan fingerprint density at radius 1 is 1.20 bits per heavy atom. The molecule has 1 heterocycles. The van der Waals surface area contributed by atoms with Gasteiger partial charge in [0.15, 0.2) is 12.4 Å². The Morgan fingerprint density at radius 3 is 2.57 bits per heavy atom. The number of anilines is 2. The number of carbonyl (C=O) groups excluding carboxylic acids is 3. The molecular weight excluding hydrogens is 408 g/mol. The van der Waals surface area contributed by atoms with Crippen molar-refractivity contribution in [1.82, 2.24) is 0 Å². The third kappa shape index (κ3) is 4.42. The lowest BCUT2D eigenvalue weighted by molar-refractivity contribution is -0.158. The number of hydrogen-bond donors (Lipinski definition) is 1. The Kier molecular flexibility index (Phi) is 5.77. The van der Waals surface area contributed by atoms with E-state index in [4.69, 9.17) is 4.74 Å². The van der Waals surface area contributed by atoms with Crippen LogP contribution in [0.5, 0.6) is 5.75 Å². The minimum absolute atomic E-state index is 0.0498. The Balaban J connectivity index is 1.94. The van der Waals surface area contributed by atoms with Gasteiger partial charge in [0.2, 0.25) is 5.91 Å². The molecule has 1 aliphatic heterocycles. The molecule has 0 aromatic heterocycles. The highest BCUT2D eigenvalue weighted by molar-refractivity contribution is 6.05. The highest BCUT2D eigenvalue weighted by atomic mass is 19.4. The number of para-hydroxylation sites is 2. The van der Waals surface area contributed by atoms with E-state index in [1.54, 1.807) is 0 Å². The lowest BCUT2D eigenvalue weighted by atomic mass is 10.1. The Morgan fingerprint density at radius 2 is 1.90 bits per heavy atom. The summed E-state index contributed by atoms with van der Waals surface area (Å²) in [5, 5.41) is 2.35. The fourth-order valence-electron chi connectivity index (χ4n) is 3.11. The molecule has 0 bridgehead atoms. The number of alkyl halides is 3. The van der Waals surface area contributed by atoms with Crippen molar-refractivity contribution in [2.75, 3.05) is 16.8 Å². The number of hydrogen-bond acceptors (Lipinski definition) is 4. The van der Waals surface area contributed by atoms with Crippen LogP contribution in [0.4, 0.5) is 28.9 Å². The van der Waals surface area contributed by atoms with Gasteiger partial charge in [-0.15, -0.1) is 0 Å². The second-order valence-corrected chi connectivity index (χ2v) is 6.58. The molecule has 0 fully saturated rings. The maximum atomic E-state index is 13.7. The van der Waals surface area contributed by atoms with Crippen LogP contribution in [0, 0.1) is 5.82 Å². The molecule has 158 valence electrons. The standard InChI is InChI=1S/C20H16F4N2O4/c1-11(27)13-8-12(21)6-7-16(13)30-10-19(29)26-15-5-3-2-4-14(15)25-18(28)9-17(26)20(22,23)24/h2-8,17H,9-10H2,1H3,(H,25,28). The predicted octanol–water partition coefficient (Wildman–Crippen LogP) is 3.71. The highest BCUT2D eigenvalue weighted by Crippen LogP contribution is 2.37. The van der Waals surface area contributed by atoms with Crippen LogP contribution in [0.3, 0.4) is 0 Å². The van der Waals surface area contributed by atoms with Gasteiger partial charge in [0.1, 0.15) is 17.6 Å². The number of nitrogens with zero attached hydrogens (tertiary/aromatic N) is 1. The van der Waals surface area contributed by atoms with Crippen molar-refractivity contribution >= 4 is 29.0 Å². The molecule has 10 heteroatoms. The van der Waals surface area contributed by atoms with Crippen LogP contribution in [-0.4, -0.2) is 36.4 Å². The second kappa shape index (κ2) is 8.13. The van der Waals surface area contributed by atoms with Gasteiger partial charge >= 0.3 is 6.18 Å². The van der Waals surface area contributed by atoms with Crippen LogP contribution in [0.15, 0.2) is 42.5 Å². The highest BCUT2D eigenvalue weighted by Gasteiger charge is 2.49. The van der Waals surface area contributed by atoms with Gasteiger partial charge in [-0.1, -0.05) is 12.1 Å². The predicted molar refractivity (Wildman–Crippen MR) is 98.9 cm³/mol. The molecule has 0 spiro atoms. The summed E-state index contributed by atoms with van der Waals surface area (Å²) >= 11 is 0. The van der Waals surface area contributed by atoms with Crippen molar-refractivity contribution in [2.24, 2.45) is 0 Å². The summed E-state index contributed by atoms with van der Waals surface area (Å²) in [6.07, 6.45) is -5.87. The summed E-state index contributed by atoms with van der Waals surface area (Å²) in [5.41, 5.74) is -0.234. The van der Waals surface area contributed by atoms with E-state index in [-0.39, 0.29) is 22.7 Å². The quantitative estimate of drug-likeness (QED) is 0.600. The summed E-state index contributed by atoms with van der Waals surface area (Å²) in [6, 6.07) is 6.19. The van der Waals surface area contributed by atoms with Crippen molar-refractivity contribution in [3.05, 3.63) is 53.8 Å². The fraction of sp³-hybridized carbons (Fsp3) is 0.250. The third-order valence-corrected chi connectivity index (χ3v) is 4.45. The Labute approximate surface area is 168 Å². The van der Waals surface area contributed by atoms with Crippen LogP contribution in [-0.2, 0) is 9.59 Å². The molecule has 2 amide bonds. The van der Waals surface area contributed by atoms with Crippen LogP contribution in [0.1, 0.15) is 23.7 Å². The minimum atomic E-state index is -4.88. The molecular formula is C20H16F4N2O4. The monoisotopic (exact) mass is 424 g/mol. The number of Topliss-reactive ketones (excluding diaryl/α,β-unsaturated/α-hetero) is 1. The molecule has 1 unspecified atom stereocenters. The molecule has 1 atom stereocenters. The minimum Gasteiger partial charge on any atom is -0.483 e. The van der Waals surface area contributed by atoms with E-state index in [1.165, 1.54) is 24.3 Å². The van der Waals surface area contributed by atoms with Gasteiger partial charge < -0.3 is 10.1 Å². The zero-order valence-corrected chi connectivity index (χ0v) is 15.6. The van der Waals surface area contributed by atoms with Gasteiger partial charge in [-0.3, -0.25) is 19.3 Å². The molecule has 3 rings (SSSR count). The average molecular weight is 424 g/mol. The summed E-state index contributed by atoms with van der Waals surface area (Å²) in [5.74, 6) is -3.36. The first-order valence-corrected chi connectivity index (χ1v) is 8.79. The molecule has 0 saturated carbocycles. The summed E-state index contributed by atoms with van der Waals surface area (Å²) < 4.78 is 59.7. The maximum absolute atomic E-state index is 13.7. The van der Waals surface area contributed by atoms with Crippen molar-refractivity contribution in [2.45, 2.75) is 25.6 Å². The molecule has 30 heavy (non-hydrogen) atoms. The first kappa shape index (κ1) is 21.3. The van der Waals surface area contributed by atoms with Crippen LogP contribution in [0.25, 0.3) is 0 Å². The number of rotatable bonds is 4. The lowest BCUT2D eigenvalue weighted by Gasteiger charge is -2.31. The molecule has 0 radical (unpaired) electrons. The first-order valence-electron chi connectivity index (χ1n) is 8.79. The van der Waals surface area contributed by atoms with Gasteiger partial charge in [-0.05, 0) is 37.3 Å². The molecule has 2 aromatic rings. The van der Waals surface area contributed by atoms with Crippen LogP contribution < -0.4 is 15.0 Å². The molecule has 6 nitrogen and oxygen atoms in total. The molecule has 0 saturated heterocycles. The van der Waals surface area contributed by atoms with E-state index in [2.05, 4.69) is 5.32 Å². The first-order chi connectivity index (χ1) is 14.1. The SMILES string of the molecule is CC(=O)c1cc(F)ccc1OCC(=O)N1c2ccccc2NC(=O)CC1C(F)(F)F. The topological polar surface area (TPSA) is 75.7 Å². The third-order valence-electron chi connectivity index (χ3n) is 4.45. The maximum Gasteiger partial charge on any atom is 0.409 e. The van der Waals surface area contributed by atoms with Crippen molar-refractivity contribution in [3.8, 4) is 5.75 Å². The van der Waals surface area contributed by atoms with Crippen LogP contribution in [0.2, 0.25) is 0 Å². The number of carbonyl (C=O) groups is 3. The van der Waals surface area contributed by atoms with E-state index in [0.717, 1.165) is 25.1 Å². The summed E-state index contributed by atoms with van der Waals surface area (Å²) in [6.45, 7) is 0.298. The van der Waals surface area contributed by atoms with Gasteiger partial charge in [0.25, 0.3) is 5.91 Å². The van der Waals surface area contributed by atoms with Crippen molar-refractivity contribution in [1.29, 1.82) is 0 Å². The smallest absolute Gasteiger partial charge is 0.409 e. The van der Waals surface area contributed by atoms with Gasteiger partial charge in [0, 0.05) is 0 Å². The Hall–Kier alpha value is -3.43. The van der Waals surface area contributed by atoms with Gasteiger partial charge in [-0.2, -0.15) is 13.2 Å². The second-order valence-electron chi connectivity index (χ2n) is 6.58. The average Bonchev–Trinajstić information content (AvgIpc) is 2.82. The Bertz CT molecular complexity index is 1010. The summed E-state index contributed by atoms with van der Waals surface area (Å²) in [7, 11) is 0. The van der Waals surface area contributed by atoms with Crippen molar-refractivity contribution in [3.63, 3.8) is 0 Å². The van der Waals surface area contributed by atoms with E-state index in [9.17, 15) is 31.9 Å². The molecule has 1 aliphatic rings. The van der Waals surface area contributed by atoms with Crippen molar-refractivity contribution < 1.29 is 36.7 Å². The van der Waals surface area contributed by atoms with E-state index >= 15 is 0 Å². The van der Waals surface area contributed by atoms with Gasteiger partial charge in [-0.25, -0.2) is 4.39 Å². The molecule has 0 aliphatic carbocycles. The normalized spacial score (nSPS) is 16.4. The van der Waals surface area contributed by atoms with Gasteiger partial charge in [0.05, 0.1) is 23.4 Å². The van der Waals surface area contributed by atoms with E-state index < -0.39 is 48.7 Å². The fourth-order valence-corrected chi connectivity index (χ4v) is 3.11. The number of fused-ring (bicyclic) bond motifs is 1. The number of ether oxygens (including phenoxy) is 1. The number of amides is 2. The molecule has 1 N–H and O–H groups in total. The number of ketones is 1. The summed E-state index contributed by atoms with van der Waals surface area (Å²) in [4.78, 5) is 36.9. The molecule has 2 aromatic carbocycles. The zero-order chi connectivity index (χ0) is 22.1.